The van der Waals surface area contributed by atoms with Gasteiger partial charge >= 0.3 is 0 Å². The van der Waals surface area contributed by atoms with Crippen molar-refractivity contribution in [1.29, 1.82) is 0 Å². The van der Waals surface area contributed by atoms with Gasteiger partial charge in [0.05, 0.1) is 4.88 Å². The number of thiophene rings is 1. The molecule has 0 spiro atoms. The fourth-order valence-corrected chi connectivity index (χ4v) is 2.90. The Bertz CT molecular complexity index is 447. The van der Waals surface area contributed by atoms with Gasteiger partial charge in [0, 0.05) is 30.1 Å². The third kappa shape index (κ3) is 3.31. The number of carbonyl (C=O) groups excluding carboxylic acids is 2. The Labute approximate surface area is 117 Å². The van der Waals surface area contributed by atoms with Crippen molar-refractivity contribution in [2.75, 3.05) is 13.1 Å². The van der Waals surface area contributed by atoms with Crippen LogP contribution in [0, 0.1) is 0 Å². The molecule has 2 rings (SSSR count). The number of ketones is 1. The highest BCUT2D eigenvalue weighted by molar-refractivity contribution is 7.12. The topological polar surface area (TPSA) is 63.4 Å². The molecule has 0 saturated carbocycles. The summed E-state index contributed by atoms with van der Waals surface area (Å²) in [6, 6.07) is 1.76. The monoisotopic (exact) mass is 288 g/mol. The Morgan fingerprint density at radius 2 is 2.22 bits per heavy atom. The van der Waals surface area contributed by atoms with E-state index in [1.165, 1.54) is 18.3 Å². The second-order valence-corrected chi connectivity index (χ2v) is 5.32. The summed E-state index contributed by atoms with van der Waals surface area (Å²) in [4.78, 5) is 25.7. The Morgan fingerprint density at radius 3 is 2.78 bits per heavy atom. The molecule has 1 aromatic rings. The highest BCUT2D eigenvalue weighted by Crippen LogP contribution is 2.19. The Balaban J connectivity index is 0.00000162. The summed E-state index contributed by atoms with van der Waals surface area (Å²) in [6.07, 6.45) is 1.94. The Hall–Kier alpha value is -0.910. The van der Waals surface area contributed by atoms with Gasteiger partial charge in [0.1, 0.15) is 0 Å². The molecule has 0 radical (unpaired) electrons. The maximum Gasteiger partial charge on any atom is 0.263 e. The lowest BCUT2D eigenvalue weighted by Gasteiger charge is -2.30. The Kier molecular flexibility index (Phi) is 5.31. The number of Topliss-reactive ketones (excluding diaryl/α,β-unsaturated/α-hetero) is 1. The molecule has 1 amide bonds. The van der Waals surface area contributed by atoms with Crippen molar-refractivity contribution in [2.24, 2.45) is 5.73 Å². The van der Waals surface area contributed by atoms with E-state index in [-0.39, 0.29) is 30.1 Å². The van der Waals surface area contributed by atoms with Gasteiger partial charge in [-0.05, 0) is 25.8 Å². The normalized spacial score (nSPS) is 19.2. The van der Waals surface area contributed by atoms with Gasteiger partial charge in [0.25, 0.3) is 5.91 Å². The third-order valence-corrected chi connectivity index (χ3v) is 3.88. The summed E-state index contributed by atoms with van der Waals surface area (Å²) in [7, 11) is 0. The van der Waals surface area contributed by atoms with Crippen molar-refractivity contribution < 1.29 is 9.59 Å². The molecular formula is C12H17ClN2O2S. The first kappa shape index (κ1) is 15.1. The van der Waals surface area contributed by atoms with E-state index < -0.39 is 0 Å². The van der Waals surface area contributed by atoms with Crippen LogP contribution < -0.4 is 5.73 Å². The van der Waals surface area contributed by atoms with Crippen molar-refractivity contribution >= 4 is 35.4 Å². The molecule has 1 aliphatic heterocycles. The zero-order valence-corrected chi connectivity index (χ0v) is 11.9. The maximum absolute atomic E-state index is 12.2. The van der Waals surface area contributed by atoms with Crippen molar-refractivity contribution in [2.45, 2.75) is 25.8 Å². The van der Waals surface area contributed by atoms with Gasteiger partial charge in [-0.15, -0.1) is 23.7 Å². The summed E-state index contributed by atoms with van der Waals surface area (Å²) in [5.41, 5.74) is 6.46. The summed E-state index contributed by atoms with van der Waals surface area (Å²) in [5.74, 6) is -0.00621. The summed E-state index contributed by atoms with van der Waals surface area (Å²) < 4.78 is 0. The molecule has 1 unspecified atom stereocenters. The quantitative estimate of drug-likeness (QED) is 0.846. The van der Waals surface area contributed by atoms with Crippen molar-refractivity contribution in [1.82, 2.24) is 4.90 Å². The minimum absolute atomic E-state index is 0. The molecule has 1 aliphatic rings. The van der Waals surface area contributed by atoms with Gasteiger partial charge in [-0.3, -0.25) is 9.59 Å². The molecule has 2 N–H and O–H groups in total. The highest BCUT2D eigenvalue weighted by Gasteiger charge is 2.23. The van der Waals surface area contributed by atoms with Crippen LogP contribution in [0.4, 0.5) is 0 Å². The number of carbonyl (C=O) groups is 2. The van der Waals surface area contributed by atoms with E-state index in [4.69, 9.17) is 5.73 Å². The number of hydrogen-bond donors (Lipinski definition) is 1. The number of amides is 1. The molecule has 0 aromatic carbocycles. The lowest BCUT2D eigenvalue weighted by Crippen LogP contribution is -2.45. The zero-order valence-electron chi connectivity index (χ0n) is 10.2. The number of piperidine rings is 1. The fraction of sp³-hybridized carbons (Fsp3) is 0.500. The van der Waals surface area contributed by atoms with E-state index in [1.54, 1.807) is 16.3 Å². The van der Waals surface area contributed by atoms with Crippen molar-refractivity contribution in [3.8, 4) is 0 Å². The number of rotatable bonds is 2. The number of nitrogens with zero attached hydrogens (tertiary/aromatic N) is 1. The molecular weight excluding hydrogens is 272 g/mol. The van der Waals surface area contributed by atoms with Crippen LogP contribution in [-0.4, -0.2) is 35.7 Å². The second kappa shape index (κ2) is 6.31. The number of nitrogens with two attached hydrogens (primary N) is 1. The summed E-state index contributed by atoms with van der Waals surface area (Å²) >= 11 is 1.33. The van der Waals surface area contributed by atoms with Crippen LogP contribution in [-0.2, 0) is 0 Å². The zero-order chi connectivity index (χ0) is 12.4. The lowest BCUT2D eigenvalue weighted by molar-refractivity contribution is 0.0714. The molecule has 1 fully saturated rings. The first-order chi connectivity index (χ1) is 8.08. The lowest BCUT2D eigenvalue weighted by atomic mass is 10.1. The van der Waals surface area contributed by atoms with Crippen molar-refractivity contribution in [3.63, 3.8) is 0 Å². The molecule has 0 aliphatic carbocycles. The van der Waals surface area contributed by atoms with Gasteiger partial charge in [0.15, 0.2) is 5.78 Å². The molecule has 0 bridgehead atoms. The molecule has 100 valence electrons. The van der Waals surface area contributed by atoms with Crippen LogP contribution in [0.15, 0.2) is 11.4 Å². The smallest absolute Gasteiger partial charge is 0.263 e. The van der Waals surface area contributed by atoms with Crippen LogP contribution in [0.25, 0.3) is 0 Å². The predicted molar refractivity (Wildman–Crippen MR) is 74.7 cm³/mol. The summed E-state index contributed by atoms with van der Waals surface area (Å²) in [5, 5.41) is 1.74. The number of hydrogen-bond acceptors (Lipinski definition) is 4. The van der Waals surface area contributed by atoms with E-state index >= 15 is 0 Å². The van der Waals surface area contributed by atoms with E-state index in [9.17, 15) is 9.59 Å². The van der Waals surface area contributed by atoms with Crippen LogP contribution in [0.1, 0.15) is 39.8 Å². The van der Waals surface area contributed by atoms with Gasteiger partial charge in [-0.1, -0.05) is 0 Å². The van der Waals surface area contributed by atoms with Gasteiger partial charge in [-0.25, -0.2) is 0 Å². The molecule has 1 saturated heterocycles. The van der Waals surface area contributed by atoms with Gasteiger partial charge in [-0.2, -0.15) is 0 Å². The largest absolute Gasteiger partial charge is 0.336 e. The standard InChI is InChI=1S/C12H16N2O2S.ClH/c1-8(15)9-5-11(17-7-9)12(16)14-4-2-3-10(13)6-14;/h5,7,10H,2-4,6,13H2,1H3;1H. The van der Waals surface area contributed by atoms with E-state index in [0.717, 1.165) is 19.4 Å². The van der Waals surface area contributed by atoms with E-state index in [0.29, 0.717) is 17.0 Å². The molecule has 2 heterocycles. The molecule has 18 heavy (non-hydrogen) atoms. The molecule has 6 heteroatoms. The van der Waals surface area contributed by atoms with Crippen LogP contribution >= 0.6 is 23.7 Å². The Morgan fingerprint density at radius 1 is 1.50 bits per heavy atom. The number of halogens is 1. The molecule has 4 nitrogen and oxygen atoms in total. The second-order valence-electron chi connectivity index (χ2n) is 4.41. The minimum Gasteiger partial charge on any atom is -0.336 e. The average Bonchev–Trinajstić information content (AvgIpc) is 2.77. The molecule has 1 aromatic heterocycles. The SMILES string of the molecule is CC(=O)c1csc(C(=O)N2CCCC(N)C2)c1.Cl. The first-order valence-electron chi connectivity index (χ1n) is 5.72. The predicted octanol–water partition coefficient (Wildman–Crippen LogP) is 1.94. The molecule has 1 atom stereocenters. The van der Waals surface area contributed by atoms with E-state index in [1.807, 2.05) is 0 Å². The van der Waals surface area contributed by atoms with Crippen LogP contribution in [0.2, 0.25) is 0 Å². The van der Waals surface area contributed by atoms with Crippen LogP contribution in [0.3, 0.4) is 0 Å². The fourth-order valence-electron chi connectivity index (χ4n) is 1.98. The first-order valence-corrected chi connectivity index (χ1v) is 6.60. The van der Waals surface area contributed by atoms with Crippen molar-refractivity contribution in [3.05, 3.63) is 21.9 Å². The number of likely N-dealkylation sites (tertiary alicyclic amines) is 1. The van der Waals surface area contributed by atoms with Gasteiger partial charge in [0.2, 0.25) is 0 Å². The maximum atomic E-state index is 12.2. The summed E-state index contributed by atoms with van der Waals surface area (Å²) in [6.45, 7) is 2.89. The van der Waals surface area contributed by atoms with Gasteiger partial charge < -0.3 is 10.6 Å². The minimum atomic E-state index is -0.00403. The van der Waals surface area contributed by atoms with Crippen LogP contribution in [0.5, 0.6) is 0 Å². The average molecular weight is 289 g/mol. The highest BCUT2D eigenvalue weighted by atomic mass is 35.5. The third-order valence-electron chi connectivity index (χ3n) is 2.96. The van der Waals surface area contributed by atoms with E-state index in [2.05, 4.69) is 0 Å².